The Bertz CT molecular complexity index is 796. The molecule has 0 bridgehead atoms. The molecule has 6 heteroatoms. The van der Waals surface area contributed by atoms with Crippen molar-refractivity contribution in [2.45, 2.75) is 18.9 Å². The first-order chi connectivity index (χ1) is 12.2. The molecule has 2 aromatic carbocycles. The Morgan fingerprint density at radius 2 is 1.92 bits per heavy atom. The number of hydrogen-bond donors (Lipinski definition) is 1. The Morgan fingerprint density at radius 3 is 2.76 bits per heavy atom. The highest BCUT2D eigenvalue weighted by Gasteiger charge is 2.31. The Morgan fingerprint density at radius 1 is 1.12 bits per heavy atom. The Balaban J connectivity index is 1.51. The molecule has 1 saturated heterocycles. The summed E-state index contributed by atoms with van der Waals surface area (Å²) in [5.74, 6) is 1.37. The van der Waals surface area contributed by atoms with Crippen LogP contribution in [0.2, 0.25) is 5.02 Å². The first-order valence-corrected chi connectivity index (χ1v) is 8.82. The van der Waals surface area contributed by atoms with Crippen molar-refractivity contribution in [1.82, 2.24) is 4.90 Å². The van der Waals surface area contributed by atoms with E-state index in [0.717, 1.165) is 18.4 Å². The summed E-state index contributed by atoms with van der Waals surface area (Å²) in [5.41, 5.74) is 1.69. The molecule has 2 amide bonds. The minimum absolute atomic E-state index is 0.00547. The highest BCUT2D eigenvalue weighted by Crippen LogP contribution is 2.37. The Hall–Kier alpha value is -2.40. The van der Waals surface area contributed by atoms with Gasteiger partial charge in [0.1, 0.15) is 13.2 Å². The number of hydrogen-bond acceptors (Lipinski definition) is 3. The monoisotopic (exact) mass is 358 g/mol. The van der Waals surface area contributed by atoms with Crippen LogP contribution in [0.5, 0.6) is 11.5 Å². The standard InChI is InChI=1S/C19H19ClN2O3/c20-15-5-2-1-4-14(15)16-6-3-9-22(16)19(23)21-13-7-8-17-18(12-13)25-11-10-24-17/h1-2,4-5,7-8,12,16H,3,6,9-11H2,(H,21,23). The average molecular weight is 359 g/mol. The maximum Gasteiger partial charge on any atom is 0.322 e. The molecule has 2 heterocycles. The second kappa shape index (κ2) is 6.84. The first kappa shape index (κ1) is 16.1. The molecule has 25 heavy (non-hydrogen) atoms. The van der Waals surface area contributed by atoms with Gasteiger partial charge in [0.2, 0.25) is 0 Å². The van der Waals surface area contributed by atoms with Crippen LogP contribution in [0.1, 0.15) is 24.4 Å². The molecule has 1 unspecified atom stereocenters. The highest BCUT2D eigenvalue weighted by atomic mass is 35.5. The van der Waals surface area contributed by atoms with Gasteiger partial charge in [-0.05, 0) is 36.6 Å². The lowest BCUT2D eigenvalue weighted by molar-refractivity contribution is 0.171. The molecule has 2 aliphatic rings. The minimum Gasteiger partial charge on any atom is -0.486 e. The Labute approximate surface area is 151 Å². The zero-order valence-corrected chi connectivity index (χ0v) is 14.5. The fraction of sp³-hybridized carbons (Fsp3) is 0.316. The van der Waals surface area contributed by atoms with Crippen molar-refractivity contribution in [3.63, 3.8) is 0 Å². The lowest BCUT2D eigenvalue weighted by atomic mass is 10.0. The molecule has 1 N–H and O–H groups in total. The number of urea groups is 1. The summed E-state index contributed by atoms with van der Waals surface area (Å²) in [4.78, 5) is 14.6. The van der Waals surface area contributed by atoms with E-state index in [1.807, 2.05) is 41.3 Å². The molecule has 0 radical (unpaired) electrons. The normalized spacial score (nSPS) is 18.9. The van der Waals surface area contributed by atoms with Gasteiger partial charge in [0.05, 0.1) is 6.04 Å². The van der Waals surface area contributed by atoms with Crippen LogP contribution in [0.3, 0.4) is 0 Å². The number of likely N-dealkylation sites (tertiary alicyclic amines) is 1. The first-order valence-electron chi connectivity index (χ1n) is 8.44. The van der Waals surface area contributed by atoms with Gasteiger partial charge in [-0.2, -0.15) is 0 Å². The summed E-state index contributed by atoms with van der Waals surface area (Å²) in [6.07, 6.45) is 1.88. The summed E-state index contributed by atoms with van der Waals surface area (Å²) < 4.78 is 11.1. The van der Waals surface area contributed by atoms with Crippen molar-refractivity contribution in [3.8, 4) is 11.5 Å². The van der Waals surface area contributed by atoms with Gasteiger partial charge in [0, 0.05) is 23.3 Å². The molecule has 1 atom stereocenters. The number of anilines is 1. The van der Waals surface area contributed by atoms with Crippen LogP contribution in [-0.4, -0.2) is 30.7 Å². The van der Waals surface area contributed by atoms with Gasteiger partial charge in [-0.25, -0.2) is 4.79 Å². The van der Waals surface area contributed by atoms with Crippen LogP contribution < -0.4 is 14.8 Å². The highest BCUT2D eigenvalue weighted by molar-refractivity contribution is 6.31. The van der Waals surface area contributed by atoms with E-state index in [-0.39, 0.29) is 12.1 Å². The van der Waals surface area contributed by atoms with Gasteiger partial charge in [0.15, 0.2) is 11.5 Å². The smallest absolute Gasteiger partial charge is 0.322 e. The quantitative estimate of drug-likeness (QED) is 0.861. The second-order valence-electron chi connectivity index (χ2n) is 6.16. The van der Waals surface area contributed by atoms with Gasteiger partial charge in [-0.1, -0.05) is 29.8 Å². The topological polar surface area (TPSA) is 50.8 Å². The lowest BCUT2D eigenvalue weighted by Gasteiger charge is -2.26. The number of ether oxygens (including phenoxy) is 2. The predicted octanol–water partition coefficient (Wildman–Crippen LogP) is 4.48. The van der Waals surface area contributed by atoms with Gasteiger partial charge in [-0.3, -0.25) is 0 Å². The van der Waals surface area contributed by atoms with E-state index in [4.69, 9.17) is 21.1 Å². The summed E-state index contributed by atoms with van der Waals surface area (Å²) in [7, 11) is 0. The Kier molecular flexibility index (Phi) is 4.40. The predicted molar refractivity (Wildman–Crippen MR) is 96.6 cm³/mol. The van der Waals surface area contributed by atoms with Crippen molar-refractivity contribution >= 4 is 23.3 Å². The zero-order chi connectivity index (χ0) is 17.2. The molecule has 5 nitrogen and oxygen atoms in total. The van der Waals surface area contributed by atoms with E-state index in [2.05, 4.69) is 5.32 Å². The number of benzene rings is 2. The number of rotatable bonds is 2. The largest absolute Gasteiger partial charge is 0.486 e. The van der Waals surface area contributed by atoms with Crippen LogP contribution in [0.15, 0.2) is 42.5 Å². The molecule has 130 valence electrons. The number of carbonyl (C=O) groups excluding carboxylic acids is 1. The van der Waals surface area contributed by atoms with Gasteiger partial charge in [0.25, 0.3) is 0 Å². The van der Waals surface area contributed by atoms with Crippen molar-refractivity contribution in [2.75, 3.05) is 25.1 Å². The fourth-order valence-corrected chi connectivity index (χ4v) is 3.66. The SMILES string of the molecule is O=C(Nc1ccc2c(c1)OCCO2)N1CCCC1c1ccccc1Cl. The maximum absolute atomic E-state index is 12.8. The number of amides is 2. The van der Waals surface area contributed by atoms with Gasteiger partial charge >= 0.3 is 6.03 Å². The number of carbonyl (C=O) groups is 1. The molecular weight excluding hydrogens is 340 g/mol. The molecule has 0 spiro atoms. The zero-order valence-electron chi connectivity index (χ0n) is 13.7. The molecule has 2 aliphatic heterocycles. The number of fused-ring (bicyclic) bond motifs is 1. The number of nitrogens with one attached hydrogen (secondary N) is 1. The lowest BCUT2D eigenvalue weighted by Crippen LogP contribution is -2.34. The second-order valence-corrected chi connectivity index (χ2v) is 6.57. The van der Waals surface area contributed by atoms with E-state index in [1.54, 1.807) is 6.07 Å². The summed E-state index contributed by atoms with van der Waals surface area (Å²) >= 11 is 6.33. The van der Waals surface area contributed by atoms with E-state index in [1.165, 1.54) is 0 Å². The fourth-order valence-electron chi connectivity index (χ4n) is 3.39. The maximum atomic E-state index is 12.8. The molecule has 0 saturated carbocycles. The van der Waals surface area contributed by atoms with Crippen LogP contribution in [0, 0.1) is 0 Å². The van der Waals surface area contributed by atoms with Gasteiger partial charge in [-0.15, -0.1) is 0 Å². The van der Waals surface area contributed by atoms with Crippen LogP contribution in [0.4, 0.5) is 10.5 Å². The van der Waals surface area contributed by atoms with E-state index in [0.29, 0.717) is 42.0 Å². The summed E-state index contributed by atoms with van der Waals surface area (Å²) in [6, 6.07) is 13.0. The molecule has 0 aliphatic carbocycles. The van der Waals surface area contributed by atoms with Crippen molar-refractivity contribution in [3.05, 3.63) is 53.1 Å². The van der Waals surface area contributed by atoms with E-state index < -0.39 is 0 Å². The third kappa shape index (κ3) is 3.24. The van der Waals surface area contributed by atoms with E-state index in [9.17, 15) is 4.79 Å². The average Bonchev–Trinajstić information content (AvgIpc) is 3.11. The van der Waals surface area contributed by atoms with Crippen molar-refractivity contribution < 1.29 is 14.3 Å². The molecule has 1 fully saturated rings. The van der Waals surface area contributed by atoms with Crippen LogP contribution in [-0.2, 0) is 0 Å². The molecule has 2 aromatic rings. The molecule has 0 aromatic heterocycles. The third-order valence-corrected chi connectivity index (χ3v) is 4.92. The molecule has 4 rings (SSSR count). The summed E-state index contributed by atoms with van der Waals surface area (Å²) in [5, 5.41) is 3.66. The minimum atomic E-state index is -0.126. The third-order valence-electron chi connectivity index (χ3n) is 4.57. The van der Waals surface area contributed by atoms with E-state index >= 15 is 0 Å². The van der Waals surface area contributed by atoms with Crippen LogP contribution in [0.25, 0.3) is 0 Å². The number of halogens is 1. The summed E-state index contributed by atoms with van der Waals surface area (Å²) in [6.45, 7) is 1.78. The van der Waals surface area contributed by atoms with Crippen LogP contribution >= 0.6 is 11.6 Å². The van der Waals surface area contributed by atoms with Crippen molar-refractivity contribution in [2.24, 2.45) is 0 Å². The van der Waals surface area contributed by atoms with Crippen molar-refractivity contribution in [1.29, 1.82) is 0 Å². The molecular formula is C19H19ClN2O3. The van der Waals surface area contributed by atoms with Gasteiger partial charge < -0.3 is 19.7 Å². The number of nitrogens with zero attached hydrogens (tertiary/aromatic N) is 1.